The highest BCUT2D eigenvalue weighted by Crippen LogP contribution is 2.39. The molecule has 1 unspecified atom stereocenters. The third-order valence-corrected chi connectivity index (χ3v) is 10.8. The zero-order valence-electron chi connectivity index (χ0n) is 26.0. The van der Waals surface area contributed by atoms with Crippen LogP contribution >= 0.6 is 0 Å². The zero-order chi connectivity index (χ0) is 36.9. The summed E-state index contributed by atoms with van der Waals surface area (Å²) in [5.74, 6) is -3.09. The van der Waals surface area contributed by atoms with Crippen molar-refractivity contribution < 1.29 is 66.2 Å². The molecular weight excluding hydrogens is 729 g/mol. The first-order valence-corrected chi connectivity index (χ1v) is 19.9. The van der Waals surface area contributed by atoms with Gasteiger partial charge in [0.1, 0.15) is 31.9 Å². The molecule has 15 nitrogen and oxygen atoms in total. The number of carbonyl (C=O) groups is 1. The van der Waals surface area contributed by atoms with Gasteiger partial charge in [0.2, 0.25) is 0 Å². The summed E-state index contributed by atoms with van der Waals surface area (Å²) < 4.78 is 149. The second-order valence-electron chi connectivity index (χ2n) is 11.2. The van der Waals surface area contributed by atoms with Gasteiger partial charge in [-0.2, -0.15) is 33.7 Å². The molecule has 19 heteroatoms. The quantitative estimate of drug-likeness (QED) is 0.108. The molecule has 0 radical (unpaired) electrons. The molecule has 0 fully saturated rings. The Morgan fingerprint density at radius 3 is 1.49 bits per heavy atom. The maximum Gasteiger partial charge on any atom is 0.298 e. The van der Waals surface area contributed by atoms with Gasteiger partial charge in [-0.3, -0.25) is 23.0 Å². The minimum atomic E-state index is -5.23. The molecule has 0 aliphatic carbocycles. The molecule has 0 aliphatic heterocycles. The SMILES string of the molecule is CCC(C)c1ccc(C(=O)c2ccc(Oc3cc4cc(S(=O)(=O)O)c(OC(C)C)cc4cc3S(=O)(=O)O)c(S(=O)(=O)O)c2)cc1S(=O)(=O)O. The van der Waals surface area contributed by atoms with Crippen LogP contribution in [0.25, 0.3) is 10.8 Å². The van der Waals surface area contributed by atoms with Crippen molar-refractivity contribution in [1.29, 1.82) is 0 Å². The van der Waals surface area contributed by atoms with Gasteiger partial charge in [0.25, 0.3) is 40.5 Å². The fraction of sp³-hybridized carbons (Fsp3) is 0.233. The third-order valence-electron chi connectivity index (χ3n) is 7.28. The number of benzene rings is 4. The number of ether oxygens (including phenoxy) is 2. The largest absolute Gasteiger partial charge is 0.490 e. The second-order valence-corrected chi connectivity index (χ2v) is 16.7. The fourth-order valence-electron chi connectivity index (χ4n) is 4.84. The van der Waals surface area contributed by atoms with E-state index in [1.165, 1.54) is 12.1 Å². The Morgan fingerprint density at radius 1 is 0.592 bits per heavy atom. The molecule has 4 aromatic carbocycles. The Bertz CT molecular complexity index is 2430. The van der Waals surface area contributed by atoms with Crippen molar-refractivity contribution in [3.63, 3.8) is 0 Å². The highest BCUT2D eigenvalue weighted by atomic mass is 32.2. The Kier molecular flexibility index (Phi) is 10.4. The Hall–Kier alpha value is -3.95. The van der Waals surface area contributed by atoms with Gasteiger partial charge in [0, 0.05) is 11.1 Å². The Balaban J connectivity index is 1.89. The van der Waals surface area contributed by atoms with Crippen LogP contribution in [0, 0.1) is 0 Å². The Labute approximate surface area is 282 Å². The van der Waals surface area contributed by atoms with Crippen LogP contribution in [0.5, 0.6) is 17.2 Å². The van der Waals surface area contributed by atoms with Crippen LogP contribution in [0.4, 0.5) is 0 Å². The van der Waals surface area contributed by atoms with E-state index in [9.17, 15) is 56.7 Å². The van der Waals surface area contributed by atoms with Gasteiger partial charge < -0.3 is 9.47 Å². The van der Waals surface area contributed by atoms with Gasteiger partial charge in [-0.05, 0) is 91.1 Å². The fourth-order valence-corrected chi connectivity index (χ4v) is 7.59. The third kappa shape index (κ3) is 8.44. The number of rotatable bonds is 12. The first-order valence-electron chi connectivity index (χ1n) is 14.1. The molecule has 0 heterocycles. The summed E-state index contributed by atoms with van der Waals surface area (Å²) in [6.07, 6.45) is -0.0787. The van der Waals surface area contributed by atoms with Crippen molar-refractivity contribution in [1.82, 2.24) is 0 Å². The smallest absolute Gasteiger partial charge is 0.298 e. The Morgan fingerprint density at radius 2 is 1.02 bits per heavy atom. The predicted molar refractivity (Wildman–Crippen MR) is 174 cm³/mol. The van der Waals surface area contributed by atoms with Gasteiger partial charge in [-0.25, -0.2) is 0 Å². The molecule has 0 aliphatic rings. The van der Waals surface area contributed by atoms with Crippen molar-refractivity contribution in [3.05, 3.63) is 77.4 Å². The minimum Gasteiger partial charge on any atom is -0.490 e. The standard InChI is InChI=1S/C30H30O15S4/c1-5-17(4)22-8-6-18(12-26(22)46(32,33)34)30(31)19-7-9-23(27(13-19)47(35,36)37)45-25-11-21-14-28(48(38,39)40)24(44-16(2)3)10-20(21)15-29(25)49(41,42)43/h6-17H,5H2,1-4H3,(H,32,33,34)(H,35,36,37)(H,38,39,40)(H,41,42,43). The topological polar surface area (TPSA) is 253 Å². The number of carbonyl (C=O) groups excluding carboxylic acids is 1. The monoisotopic (exact) mass is 758 g/mol. The summed E-state index contributed by atoms with van der Waals surface area (Å²) in [5, 5.41) is -0.0932. The average Bonchev–Trinajstić information content (AvgIpc) is 2.97. The molecule has 49 heavy (non-hydrogen) atoms. The predicted octanol–water partition coefficient (Wildman–Crippen LogP) is 5.15. The lowest BCUT2D eigenvalue weighted by Gasteiger charge is -2.17. The molecule has 4 aromatic rings. The van der Waals surface area contributed by atoms with E-state index in [-0.39, 0.29) is 33.6 Å². The van der Waals surface area contributed by atoms with Crippen LogP contribution < -0.4 is 9.47 Å². The van der Waals surface area contributed by atoms with Gasteiger partial charge in [0.15, 0.2) is 5.78 Å². The summed E-state index contributed by atoms with van der Waals surface area (Å²) in [6, 6.07) is 9.85. The normalized spacial score (nSPS) is 13.4. The summed E-state index contributed by atoms with van der Waals surface area (Å²) in [5.41, 5.74) is -0.434. The van der Waals surface area contributed by atoms with Crippen LogP contribution in [-0.2, 0) is 40.5 Å². The van der Waals surface area contributed by atoms with Crippen LogP contribution in [0.3, 0.4) is 0 Å². The van der Waals surface area contributed by atoms with E-state index in [0.29, 0.717) is 12.5 Å². The molecule has 4 N–H and O–H groups in total. The number of fused-ring (bicyclic) bond motifs is 1. The van der Waals surface area contributed by atoms with Gasteiger partial charge in [0.05, 0.1) is 11.0 Å². The number of ketones is 1. The summed E-state index contributed by atoms with van der Waals surface area (Å²) in [4.78, 5) is 10.2. The molecule has 0 saturated heterocycles. The van der Waals surface area contributed by atoms with E-state index in [4.69, 9.17) is 9.47 Å². The van der Waals surface area contributed by atoms with Crippen molar-refractivity contribution in [2.45, 2.75) is 65.7 Å². The highest BCUT2D eigenvalue weighted by Gasteiger charge is 2.27. The summed E-state index contributed by atoms with van der Waals surface area (Å²) >= 11 is 0. The molecule has 0 amide bonds. The van der Waals surface area contributed by atoms with E-state index >= 15 is 0 Å². The van der Waals surface area contributed by atoms with Crippen molar-refractivity contribution >= 4 is 57.0 Å². The van der Waals surface area contributed by atoms with Gasteiger partial charge in [-0.15, -0.1) is 0 Å². The van der Waals surface area contributed by atoms with E-state index in [2.05, 4.69) is 0 Å². The average molecular weight is 759 g/mol. The van der Waals surface area contributed by atoms with E-state index in [1.54, 1.807) is 27.7 Å². The summed E-state index contributed by atoms with van der Waals surface area (Å²) in [7, 11) is -20.0. The molecule has 0 saturated carbocycles. The first-order chi connectivity index (χ1) is 22.4. The van der Waals surface area contributed by atoms with E-state index in [1.807, 2.05) is 0 Å². The number of hydrogen-bond donors (Lipinski definition) is 4. The van der Waals surface area contributed by atoms with Crippen LogP contribution in [0.2, 0.25) is 0 Å². The van der Waals surface area contributed by atoms with Crippen LogP contribution in [0.15, 0.2) is 80.2 Å². The minimum absolute atomic E-state index is 0.0115. The molecule has 264 valence electrons. The summed E-state index contributed by atoms with van der Waals surface area (Å²) in [6.45, 7) is 6.61. The maximum absolute atomic E-state index is 13.4. The van der Waals surface area contributed by atoms with E-state index < -0.39 is 89.0 Å². The molecule has 0 aromatic heterocycles. The van der Waals surface area contributed by atoms with Crippen molar-refractivity contribution in [3.8, 4) is 17.2 Å². The van der Waals surface area contributed by atoms with Gasteiger partial charge >= 0.3 is 0 Å². The van der Waals surface area contributed by atoms with Crippen LogP contribution in [-0.4, -0.2) is 63.8 Å². The van der Waals surface area contributed by atoms with Crippen molar-refractivity contribution in [2.75, 3.05) is 0 Å². The van der Waals surface area contributed by atoms with Crippen LogP contribution in [0.1, 0.15) is 61.5 Å². The zero-order valence-corrected chi connectivity index (χ0v) is 29.3. The molecule has 0 spiro atoms. The maximum atomic E-state index is 13.4. The molecule has 0 bridgehead atoms. The molecular formula is C30H30O15S4. The lowest BCUT2D eigenvalue weighted by Crippen LogP contribution is -2.11. The van der Waals surface area contributed by atoms with Crippen molar-refractivity contribution in [2.24, 2.45) is 0 Å². The van der Waals surface area contributed by atoms with Gasteiger partial charge in [-0.1, -0.05) is 26.0 Å². The molecule has 1 atom stereocenters. The first kappa shape index (κ1) is 37.9. The van der Waals surface area contributed by atoms with E-state index in [0.717, 1.165) is 42.5 Å². The highest BCUT2D eigenvalue weighted by molar-refractivity contribution is 7.86. The molecule has 4 rings (SSSR count). The lowest BCUT2D eigenvalue weighted by atomic mass is 9.95. The second kappa shape index (κ2) is 13.4. The lowest BCUT2D eigenvalue weighted by molar-refractivity contribution is 0.103. The number of hydrogen-bond acceptors (Lipinski definition) is 11.